The van der Waals surface area contributed by atoms with Crippen molar-refractivity contribution in [2.24, 2.45) is 0 Å². The lowest BCUT2D eigenvalue weighted by Crippen LogP contribution is -1.99. The van der Waals surface area contributed by atoms with Crippen LogP contribution >= 0.6 is 0 Å². The lowest BCUT2D eigenvalue weighted by atomic mass is 10.3. The van der Waals surface area contributed by atoms with Crippen molar-refractivity contribution in [3.05, 3.63) is 0 Å². The van der Waals surface area contributed by atoms with Crippen LogP contribution in [0, 0.1) is 0 Å². The number of rotatable bonds is 5. The van der Waals surface area contributed by atoms with Gasteiger partial charge in [0.05, 0.1) is 6.61 Å². The maximum Gasteiger partial charge on any atom is 0.303 e. The third-order valence-electron chi connectivity index (χ3n) is 0.671. The summed E-state index contributed by atoms with van der Waals surface area (Å²) in [5.41, 5.74) is 0. The molecule has 2 N–H and O–H groups in total. The molecule has 0 spiro atoms. The zero-order valence-electron chi connectivity index (χ0n) is 4.74. The first-order valence-electron chi connectivity index (χ1n) is 2.42. The summed E-state index contributed by atoms with van der Waals surface area (Å²) in [7, 11) is 0. The number of hydrogen-bond donors (Lipinski definition) is 2. The van der Waals surface area contributed by atoms with Crippen molar-refractivity contribution in [1.29, 1.82) is 0 Å². The van der Waals surface area contributed by atoms with Crippen LogP contribution in [0.5, 0.6) is 0 Å². The summed E-state index contributed by atoms with van der Waals surface area (Å²) in [6.07, 6.45) is 0.346. The number of carbonyl (C=O) groups is 1. The molecule has 9 heavy (non-hydrogen) atoms. The van der Waals surface area contributed by atoms with Gasteiger partial charge in [-0.2, -0.15) is 0 Å². The van der Waals surface area contributed by atoms with Crippen LogP contribution in [0.25, 0.3) is 0 Å². The topological polar surface area (TPSA) is 76.0 Å². The molecule has 5 nitrogen and oxygen atoms in total. The van der Waals surface area contributed by atoms with Crippen molar-refractivity contribution in [3.63, 3.8) is 0 Å². The van der Waals surface area contributed by atoms with E-state index in [9.17, 15) is 4.79 Å². The van der Waals surface area contributed by atoms with E-state index in [0.29, 0.717) is 6.42 Å². The molecule has 0 aromatic rings. The fourth-order valence-corrected chi connectivity index (χ4v) is 0.320. The van der Waals surface area contributed by atoms with Gasteiger partial charge in [0.15, 0.2) is 0 Å². The normalized spacial score (nSPS) is 9.44. The molecule has 0 saturated heterocycles. The third-order valence-corrected chi connectivity index (χ3v) is 0.671. The maximum atomic E-state index is 9.80. The molecule has 54 valence electrons. The summed E-state index contributed by atoms with van der Waals surface area (Å²) in [4.78, 5) is 13.8. The highest BCUT2D eigenvalue weighted by molar-refractivity contribution is 5.66. The number of carboxylic acid groups (broad SMARTS) is 1. The van der Waals surface area contributed by atoms with Crippen LogP contribution in [0.2, 0.25) is 0 Å². The molecular formula is C4H8O5. The minimum absolute atomic E-state index is 0.0172. The molecule has 0 bridgehead atoms. The Kier molecular flexibility index (Phi) is 5.09. The smallest absolute Gasteiger partial charge is 0.303 e. The second-order valence-electron chi connectivity index (χ2n) is 1.39. The van der Waals surface area contributed by atoms with Gasteiger partial charge in [-0.15, -0.1) is 0 Å². The van der Waals surface area contributed by atoms with E-state index >= 15 is 0 Å². The largest absolute Gasteiger partial charge is 0.481 e. The van der Waals surface area contributed by atoms with E-state index < -0.39 is 5.97 Å². The summed E-state index contributed by atoms with van der Waals surface area (Å²) in [5, 5.41) is 18.8. The van der Waals surface area contributed by atoms with Gasteiger partial charge in [0.2, 0.25) is 0 Å². The van der Waals surface area contributed by atoms with Crippen LogP contribution in [0.15, 0.2) is 0 Å². The van der Waals surface area contributed by atoms with Crippen LogP contribution in [0.3, 0.4) is 0 Å². The predicted octanol–water partition coefficient (Wildman–Crippen LogP) is 0.272. The Bertz CT molecular complexity index is 81.0. The van der Waals surface area contributed by atoms with Gasteiger partial charge in [-0.25, -0.2) is 10.1 Å². The molecule has 0 aliphatic carbocycles. The van der Waals surface area contributed by atoms with Gasteiger partial charge in [0.25, 0.3) is 0 Å². The average molecular weight is 136 g/mol. The first kappa shape index (κ1) is 8.35. The fourth-order valence-electron chi connectivity index (χ4n) is 0.320. The molecule has 0 aliphatic heterocycles. The molecule has 0 fully saturated rings. The highest BCUT2D eigenvalue weighted by Gasteiger charge is 1.95. The van der Waals surface area contributed by atoms with Gasteiger partial charge in [-0.1, -0.05) is 5.04 Å². The van der Waals surface area contributed by atoms with E-state index in [4.69, 9.17) is 10.4 Å². The zero-order valence-corrected chi connectivity index (χ0v) is 4.74. The Morgan fingerprint density at radius 3 is 2.67 bits per heavy atom. The van der Waals surface area contributed by atoms with E-state index in [1.165, 1.54) is 0 Å². The van der Waals surface area contributed by atoms with Crippen molar-refractivity contribution in [2.45, 2.75) is 12.8 Å². The second-order valence-corrected chi connectivity index (χ2v) is 1.39. The molecule has 0 radical (unpaired) electrons. The van der Waals surface area contributed by atoms with E-state index in [1.807, 2.05) is 0 Å². The van der Waals surface area contributed by atoms with E-state index in [0.717, 1.165) is 0 Å². The third kappa shape index (κ3) is 7.35. The number of carboxylic acids is 1. The van der Waals surface area contributed by atoms with E-state index in [1.54, 1.807) is 0 Å². The first-order valence-corrected chi connectivity index (χ1v) is 2.42. The van der Waals surface area contributed by atoms with Crippen LogP contribution in [0.4, 0.5) is 0 Å². The Labute approximate surface area is 51.7 Å². The molecule has 0 aromatic carbocycles. The van der Waals surface area contributed by atoms with Gasteiger partial charge < -0.3 is 5.11 Å². The summed E-state index contributed by atoms with van der Waals surface area (Å²) < 4.78 is 0. The Hall–Kier alpha value is -0.650. The second kappa shape index (κ2) is 5.49. The molecular weight excluding hydrogens is 128 g/mol. The predicted molar refractivity (Wildman–Crippen MR) is 26.5 cm³/mol. The standard InChI is InChI=1S/C4H8O5/c5-4(6)2-1-3-8-9-7/h7H,1-3H2,(H,5,6). The highest BCUT2D eigenvalue weighted by atomic mass is 17.5. The van der Waals surface area contributed by atoms with Crippen molar-refractivity contribution in [1.82, 2.24) is 0 Å². The lowest BCUT2D eigenvalue weighted by Gasteiger charge is -1.93. The molecule has 0 amide bonds. The number of hydrogen-bond acceptors (Lipinski definition) is 4. The molecule has 0 rings (SSSR count). The van der Waals surface area contributed by atoms with Gasteiger partial charge in [0, 0.05) is 6.42 Å². The van der Waals surface area contributed by atoms with Crippen LogP contribution < -0.4 is 0 Å². The SMILES string of the molecule is O=C(O)CCCOOO. The van der Waals surface area contributed by atoms with E-state index in [-0.39, 0.29) is 13.0 Å². The van der Waals surface area contributed by atoms with Crippen molar-refractivity contribution in [2.75, 3.05) is 6.61 Å². The molecule has 0 saturated carbocycles. The van der Waals surface area contributed by atoms with Gasteiger partial charge in [-0.05, 0) is 6.42 Å². The van der Waals surface area contributed by atoms with Crippen molar-refractivity contribution in [3.8, 4) is 0 Å². The Morgan fingerprint density at radius 1 is 1.56 bits per heavy atom. The minimum Gasteiger partial charge on any atom is -0.481 e. The molecule has 5 heteroatoms. The van der Waals surface area contributed by atoms with Crippen molar-refractivity contribution >= 4 is 5.97 Å². The van der Waals surface area contributed by atoms with Crippen LogP contribution in [0.1, 0.15) is 12.8 Å². The molecule has 0 unspecified atom stereocenters. The summed E-state index contributed by atoms with van der Waals surface area (Å²) in [6.45, 7) is 0.0861. The molecule has 0 heterocycles. The summed E-state index contributed by atoms with van der Waals surface area (Å²) in [6, 6.07) is 0. The van der Waals surface area contributed by atoms with Crippen LogP contribution in [-0.2, 0) is 14.7 Å². The number of aliphatic carboxylic acids is 1. The minimum atomic E-state index is -0.892. The summed E-state index contributed by atoms with van der Waals surface area (Å²) >= 11 is 0. The Balaban J connectivity index is 2.83. The fraction of sp³-hybridized carbons (Fsp3) is 0.750. The Morgan fingerprint density at radius 2 is 2.22 bits per heavy atom. The van der Waals surface area contributed by atoms with Crippen molar-refractivity contribution < 1.29 is 25.1 Å². The lowest BCUT2D eigenvalue weighted by molar-refractivity contribution is -0.490. The quantitative estimate of drug-likeness (QED) is 0.322. The summed E-state index contributed by atoms with van der Waals surface area (Å²) in [5.74, 6) is -0.892. The highest BCUT2D eigenvalue weighted by Crippen LogP contribution is 1.88. The van der Waals surface area contributed by atoms with Gasteiger partial charge in [0.1, 0.15) is 0 Å². The van der Waals surface area contributed by atoms with Gasteiger partial charge in [-0.3, -0.25) is 4.79 Å². The first-order chi connectivity index (χ1) is 4.27. The molecule has 0 aromatic heterocycles. The average Bonchev–Trinajstić information content (AvgIpc) is 1.80. The zero-order chi connectivity index (χ0) is 7.11. The molecule has 0 atom stereocenters. The maximum absolute atomic E-state index is 9.80. The monoisotopic (exact) mass is 136 g/mol. The van der Waals surface area contributed by atoms with Gasteiger partial charge >= 0.3 is 5.97 Å². The molecule has 0 aliphatic rings. The van der Waals surface area contributed by atoms with Crippen LogP contribution in [-0.4, -0.2) is 22.9 Å². The van der Waals surface area contributed by atoms with E-state index in [2.05, 4.69) is 9.93 Å².